The van der Waals surface area contributed by atoms with E-state index >= 15 is 0 Å². The Morgan fingerprint density at radius 2 is 1.82 bits per heavy atom. The first kappa shape index (κ1) is 11.4. The fourth-order valence-corrected chi connectivity index (χ4v) is 1.58. The normalized spacial score (nSPS) is 11.2. The maximum atomic E-state index is 5.90. The second-order valence-corrected chi connectivity index (χ2v) is 4.24. The minimum atomic E-state index is -0.472. The van der Waals surface area contributed by atoms with Crippen LogP contribution in [0.25, 0.3) is 0 Å². The van der Waals surface area contributed by atoms with Crippen molar-refractivity contribution in [2.75, 3.05) is 5.73 Å². The molecule has 0 saturated heterocycles. The molecule has 0 radical (unpaired) electrons. The third kappa shape index (κ3) is 2.53. The van der Waals surface area contributed by atoms with Crippen molar-refractivity contribution in [1.82, 2.24) is 9.97 Å². The van der Waals surface area contributed by atoms with Gasteiger partial charge in [-0.3, -0.25) is 4.98 Å². The van der Waals surface area contributed by atoms with Gasteiger partial charge >= 0.3 is 0 Å². The molecule has 4 heteroatoms. The Labute approximate surface area is 100 Å². The fraction of sp³-hybridized carbons (Fsp3) is 0.231. The van der Waals surface area contributed by atoms with Crippen LogP contribution >= 0.6 is 0 Å². The van der Waals surface area contributed by atoms with Crippen LogP contribution in [0.15, 0.2) is 42.9 Å². The number of ether oxygens (including phenoxy) is 1. The molecule has 4 nitrogen and oxygen atoms in total. The van der Waals surface area contributed by atoms with Crippen molar-refractivity contribution in [2.24, 2.45) is 0 Å². The predicted molar refractivity (Wildman–Crippen MR) is 66.5 cm³/mol. The Bertz CT molecular complexity index is 497. The van der Waals surface area contributed by atoms with Gasteiger partial charge in [-0.1, -0.05) is 0 Å². The number of anilines is 1. The van der Waals surface area contributed by atoms with Gasteiger partial charge in [-0.05, 0) is 43.7 Å². The Hall–Kier alpha value is -2.10. The molecule has 0 saturated carbocycles. The Kier molecular flexibility index (Phi) is 2.95. The lowest BCUT2D eigenvalue weighted by Crippen LogP contribution is -2.25. The minimum absolute atomic E-state index is 0.398. The molecule has 2 N–H and O–H groups in total. The Morgan fingerprint density at radius 3 is 2.47 bits per heavy atom. The summed E-state index contributed by atoms with van der Waals surface area (Å²) in [6.07, 6.45) is 5.13. The molecule has 17 heavy (non-hydrogen) atoms. The molecule has 2 aromatic rings. The molecular formula is C13H15N3O. The minimum Gasteiger partial charge on any atom is -0.479 e. The molecular weight excluding hydrogens is 214 g/mol. The van der Waals surface area contributed by atoms with Gasteiger partial charge in [0.2, 0.25) is 0 Å². The number of aromatic nitrogens is 2. The van der Waals surface area contributed by atoms with Crippen LogP contribution in [0.5, 0.6) is 5.75 Å². The zero-order valence-corrected chi connectivity index (χ0v) is 9.92. The van der Waals surface area contributed by atoms with Crippen LogP contribution < -0.4 is 10.5 Å². The van der Waals surface area contributed by atoms with Crippen molar-refractivity contribution >= 4 is 5.82 Å². The zero-order valence-electron chi connectivity index (χ0n) is 9.92. The molecule has 0 aliphatic carbocycles. The van der Waals surface area contributed by atoms with Crippen LogP contribution in [0.1, 0.15) is 19.4 Å². The average molecular weight is 229 g/mol. The maximum absolute atomic E-state index is 5.90. The third-order valence-corrected chi connectivity index (χ3v) is 2.54. The Balaban J connectivity index is 2.27. The van der Waals surface area contributed by atoms with Crippen LogP contribution in [0, 0.1) is 0 Å². The van der Waals surface area contributed by atoms with E-state index in [-0.39, 0.29) is 0 Å². The lowest BCUT2D eigenvalue weighted by Gasteiger charge is -2.27. The molecule has 0 spiro atoms. The highest BCUT2D eigenvalue weighted by Crippen LogP contribution is 2.29. The first-order chi connectivity index (χ1) is 8.09. The van der Waals surface area contributed by atoms with Gasteiger partial charge in [0, 0.05) is 18.6 Å². The topological polar surface area (TPSA) is 61.0 Å². The van der Waals surface area contributed by atoms with Gasteiger partial charge < -0.3 is 10.5 Å². The molecule has 2 aromatic heterocycles. The molecule has 0 fully saturated rings. The van der Waals surface area contributed by atoms with E-state index in [0.29, 0.717) is 11.6 Å². The van der Waals surface area contributed by atoms with E-state index in [0.717, 1.165) is 5.56 Å². The quantitative estimate of drug-likeness (QED) is 0.877. The van der Waals surface area contributed by atoms with Crippen LogP contribution in [-0.4, -0.2) is 9.97 Å². The molecule has 0 aromatic carbocycles. The summed E-state index contributed by atoms with van der Waals surface area (Å²) >= 11 is 0. The van der Waals surface area contributed by atoms with Crippen LogP contribution in [0.4, 0.5) is 5.82 Å². The molecule has 2 heterocycles. The number of nitrogen functional groups attached to an aromatic ring is 1. The lowest BCUT2D eigenvalue weighted by molar-refractivity contribution is 0.109. The highest BCUT2D eigenvalue weighted by Gasteiger charge is 2.23. The predicted octanol–water partition coefficient (Wildman–Crippen LogP) is 2.37. The fourth-order valence-electron chi connectivity index (χ4n) is 1.58. The summed E-state index contributed by atoms with van der Waals surface area (Å²) in [4.78, 5) is 7.99. The SMILES string of the molecule is CC(C)(Oc1cccnc1N)c1ccncc1. The largest absolute Gasteiger partial charge is 0.479 e. The summed E-state index contributed by atoms with van der Waals surface area (Å²) < 4.78 is 5.90. The van der Waals surface area contributed by atoms with Gasteiger partial charge in [0.25, 0.3) is 0 Å². The first-order valence-corrected chi connectivity index (χ1v) is 5.39. The van der Waals surface area contributed by atoms with Gasteiger partial charge in [-0.25, -0.2) is 4.98 Å². The summed E-state index contributed by atoms with van der Waals surface area (Å²) in [7, 11) is 0. The zero-order chi connectivity index (χ0) is 12.3. The number of nitrogens with two attached hydrogens (primary N) is 1. The number of nitrogens with zero attached hydrogens (tertiary/aromatic N) is 2. The van der Waals surface area contributed by atoms with Gasteiger partial charge in [-0.15, -0.1) is 0 Å². The van der Waals surface area contributed by atoms with E-state index in [1.54, 1.807) is 24.7 Å². The second-order valence-electron chi connectivity index (χ2n) is 4.24. The molecule has 0 unspecified atom stereocenters. The van der Waals surface area contributed by atoms with Crippen molar-refractivity contribution in [3.63, 3.8) is 0 Å². The lowest BCUT2D eigenvalue weighted by atomic mass is 9.99. The van der Waals surface area contributed by atoms with Crippen molar-refractivity contribution in [1.29, 1.82) is 0 Å². The van der Waals surface area contributed by atoms with Crippen LogP contribution in [-0.2, 0) is 5.60 Å². The summed E-state index contributed by atoms with van der Waals surface area (Å²) in [5.74, 6) is 0.990. The van der Waals surface area contributed by atoms with Gasteiger partial charge in [0.15, 0.2) is 11.6 Å². The highest BCUT2D eigenvalue weighted by atomic mass is 16.5. The third-order valence-electron chi connectivity index (χ3n) is 2.54. The van der Waals surface area contributed by atoms with E-state index < -0.39 is 5.60 Å². The number of pyridine rings is 2. The average Bonchev–Trinajstić information content (AvgIpc) is 2.33. The van der Waals surface area contributed by atoms with E-state index in [2.05, 4.69) is 9.97 Å². The van der Waals surface area contributed by atoms with E-state index in [1.807, 2.05) is 32.0 Å². The summed E-state index contributed by atoms with van der Waals surface area (Å²) in [5.41, 5.74) is 6.32. The molecule has 88 valence electrons. The Morgan fingerprint density at radius 1 is 1.12 bits per heavy atom. The molecule has 2 rings (SSSR count). The van der Waals surface area contributed by atoms with Crippen molar-refractivity contribution in [2.45, 2.75) is 19.4 Å². The number of rotatable bonds is 3. The molecule has 0 bridgehead atoms. The first-order valence-electron chi connectivity index (χ1n) is 5.39. The van der Waals surface area contributed by atoms with E-state index in [4.69, 9.17) is 10.5 Å². The maximum Gasteiger partial charge on any atom is 0.166 e. The second kappa shape index (κ2) is 4.41. The van der Waals surface area contributed by atoms with Crippen molar-refractivity contribution < 1.29 is 4.74 Å². The number of hydrogen-bond donors (Lipinski definition) is 1. The standard InChI is InChI=1S/C13H15N3O/c1-13(2,10-5-8-15-9-6-10)17-11-4-3-7-16-12(11)14/h3-9H,1-2H3,(H2,14,16). The highest BCUT2D eigenvalue weighted by molar-refractivity contribution is 5.45. The van der Waals surface area contributed by atoms with Gasteiger partial charge in [0.05, 0.1) is 0 Å². The monoisotopic (exact) mass is 229 g/mol. The summed E-state index contributed by atoms with van der Waals surface area (Å²) in [5, 5.41) is 0. The summed E-state index contributed by atoms with van der Waals surface area (Å²) in [6.45, 7) is 3.96. The van der Waals surface area contributed by atoms with Crippen molar-refractivity contribution in [3.05, 3.63) is 48.4 Å². The van der Waals surface area contributed by atoms with Crippen LogP contribution in [0.3, 0.4) is 0 Å². The molecule has 0 aliphatic rings. The van der Waals surface area contributed by atoms with Gasteiger partial charge in [0.1, 0.15) is 5.60 Å². The molecule has 0 atom stereocenters. The van der Waals surface area contributed by atoms with E-state index in [1.165, 1.54) is 0 Å². The molecule has 0 aliphatic heterocycles. The number of hydrogen-bond acceptors (Lipinski definition) is 4. The smallest absolute Gasteiger partial charge is 0.166 e. The van der Waals surface area contributed by atoms with Crippen molar-refractivity contribution in [3.8, 4) is 5.75 Å². The van der Waals surface area contributed by atoms with Gasteiger partial charge in [-0.2, -0.15) is 0 Å². The molecule has 0 amide bonds. The van der Waals surface area contributed by atoms with Crippen LogP contribution in [0.2, 0.25) is 0 Å². The van der Waals surface area contributed by atoms with E-state index in [9.17, 15) is 0 Å². The summed E-state index contributed by atoms with van der Waals surface area (Å²) in [6, 6.07) is 7.46.